The van der Waals surface area contributed by atoms with Crippen molar-refractivity contribution >= 4 is 101 Å². The minimum absolute atomic E-state index is 0. The van der Waals surface area contributed by atoms with Crippen LogP contribution in [0.15, 0.2) is 81.5 Å². The van der Waals surface area contributed by atoms with E-state index in [9.17, 15) is 34.5 Å². The monoisotopic (exact) mass is 1360 g/mol. The number of para-hydroxylation sites is 2. The Kier molecular flexibility index (Phi) is 32.8. The molecule has 0 aliphatic heterocycles. The molecule has 6 rings (SSSR count). The number of benzene rings is 4. The van der Waals surface area contributed by atoms with E-state index in [-0.39, 0.29) is 71.9 Å². The number of aryl methyl sites for hydroxylation is 2. The highest BCUT2D eigenvalue weighted by molar-refractivity contribution is 8.01. The van der Waals surface area contributed by atoms with Crippen LogP contribution in [0.4, 0.5) is 0 Å². The van der Waals surface area contributed by atoms with E-state index in [0.29, 0.717) is 42.3 Å². The van der Waals surface area contributed by atoms with E-state index < -0.39 is 23.0 Å². The van der Waals surface area contributed by atoms with Crippen LogP contribution in [0.3, 0.4) is 0 Å². The van der Waals surface area contributed by atoms with Gasteiger partial charge in [-0.15, -0.1) is 22.7 Å². The maximum atomic E-state index is 13.3. The molecule has 0 aliphatic rings. The molecule has 17 heteroatoms. The maximum absolute atomic E-state index is 13.3. The number of fused-ring (bicyclic) bond motifs is 2. The van der Waals surface area contributed by atoms with Gasteiger partial charge in [0.25, 0.3) is 0 Å². The first-order chi connectivity index (χ1) is 42.4. The van der Waals surface area contributed by atoms with Gasteiger partial charge in [0, 0.05) is 24.3 Å². The molecule has 3 N–H and O–H groups in total. The molecule has 2 unspecified atom stereocenters. The number of aromatic nitrogens is 2. The average molecular weight is 1360 g/mol. The summed E-state index contributed by atoms with van der Waals surface area (Å²) in [5, 5.41) is 31.4. The van der Waals surface area contributed by atoms with E-state index in [0.717, 1.165) is 114 Å². The van der Waals surface area contributed by atoms with Crippen LogP contribution in [-0.4, -0.2) is 85.4 Å². The van der Waals surface area contributed by atoms with Crippen LogP contribution in [0.5, 0.6) is 11.5 Å². The number of thioether (sulfide) groups is 2. The second kappa shape index (κ2) is 37.0. The fraction of sp³-hybridized carbons (Fsp3) is 0.600. The number of phenols is 2. The first-order valence-corrected chi connectivity index (χ1v) is 36.4. The second-order valence-corrected chi connectivity index (χ2v) is 34.3. The minimum atomic E-state index is -0.688. The van der Waals surface area contributed by atoms with Gasteiger partial charge in [0.05, 0.1) is 37.4 Å². The molecule has 0 bridgehead atoms. The van der Waals surface area contributed by atoms with Gasteiger partial charge in [0.15, 0.2) is 8.68 Å². The number of hydrogen-bond donors (Lipinski definition) is 3. The number of aliphatic hydroxyl groups excluding tert-OH is 1. The van der Waals surface area contributed by atoms with E-state index in [2.05, 4.69) is 102 Å². The molecule has 2 heterocycles. The number of carbonyl (C=O) groups is 4. The molecule has 0 saturated heterocycles. The van der Waals surface area contributed by atoms with Crippen LogP contribution in [0.2, 0.25) is 0 Å². The largest absolute Gasteiger partial charge is 0.507 e. The number of aromatic hydroxyl groups is 2. The third kappa shape index (κ3) is 27.2. The molecule has 0 fully saturated rings. The third-order valence-corrected chi connectivity index (χ3v) is 20.5. The number of halogens is 1. The zero-order valence-electron chi connectivity index (χ0n) is 57.9. The van der Waals surface area contributed by atoms with Crippen LogP contribution in [0.1, 0.15) is 242 Å². The molecule has 0 saturated carbocycles. The van der Waals surface area contributed by atoms with E-state index in [1.54, 1.807) is 22.7 Å². The smallest absolute Gasteiger partial charge is 0.311 e. The minimum Gasteiger partial charge on any atom is -0.507 e. The Morgan fingerprint density at radius 2 is 0.924 bits per heavy atom. The number of nitrogens with zero attached hydrogens (tertiary/aromatic N) is 2. The summed E-state index contributed by atoms with van der Waals surface area (Å²) in [7, 11) is 0. The molecule has 6 aromatic rings. The highest BCUT2D eigenvalue weighted by Gasteiger charge is 2.33. The van der Waals surface area contributed by atoms with Crippen LogP contribution in [0, 0.1) is 10.8 Å². The molecule has 2 aromatic heterocycles. The summed E-state index contributed by atoms with van der Waals surface area (Å²) >= 11 is 11.7. The highest BCUT2D eigenvalue weighted by atomic mass is 35.5. The van der Waals surface area contributed by atoms with Crippen LogP contribution >= 0.6 is 57.8 Å². The number of unbranched alkanes of at least 4 members (excludes halogenated alkanes) is 6. The number of hydrogen-bond acceptors (Lipinski definition) is 16. The van der Waals surface area contributed by atoms with E-state index >= 15 is 0 Å². The zero-order valence-corrected chi connectivity index (χ0v) is 61.9. The van der Waals surface area contributed by atoms with Crippen molar-refractivity contribution in [1.29, 1.82) is 0 Å². The van der Waals surface area contributed by atoms with Crippen molar-refractivity contribution < 1.29 is 48.7 Å². The molecule has 512 valence electrons. The first kappa shape index (κ1) is 81.5. The number of rotatable bonds is 29. The summed E-state index contributed by atoms with van der Waals surface area (Å²) < 4.78 is 21.1. The van der Waals surface area contributed by atoms with Gasteiger partial charge in [0.1, 0.15) is 30.8 Å². The second-order valence-electron chi connectivity index (χ2n) is 29.3. The summed E-state index contributed by atoms with van der Waals surface area (Å²) in [6.45, 7) is 37.0. The molecular weight excluding hydrogens is 1250 g/mol. The van der Waals surface area contributed by atoms with Crippen molar-refractivity contribution in [2.45, 2.75) is 264 Å². The Morgan fingerprint density at radius 3 is 1.32 bits per heavy atom. The standard InChI is InChI=1S/C37H53NO5S2.C20H29NO3S2.C17H25ClO2.CH4/c1-10-11-12-15-20-37(8,9)33(41)43-26(24-44-34-38-29-16-13-14-17-30(29)45-34)23-42-31(39)19-18-25-21-27(35(2,3)4)32(40)28(22-25)36(5,6)7;1-4-5-6-9-12-20(2,3)18(23)24-13-15(22)14-25-19-21-16-10-7-8-11-17(16)26-19;1-16(2,3)12-9-11(7-8-14(18)19)10-13(15(12)20)17(4,5)6;/h13-14,16-17,21-22,26,40H,10-12,15,18-20,23-24H2,1-9H3;7-8,10-11,15,22H,4-6,9,12-14H2,1-3H3;9-10,20H,7-8H2,1-6H3;1H4. The van der Waals surface area contributed by atoms with Gasteiger partial charge >= 0.3 is 17.9 Å². The lowest BCUT2D eigenvalue weighted by molar-refractivity contribution is -0.165. The number of esters is 3. The Balaban J connectivity index is 0.000000396. The van der Waals surface area contributed by atoms with Gasteiger partial charge in [-0.1, -0.05) is 228 Å². The summed E-state index contributed by atoms with van der Waals surface area (Å²) in [5.41, 5.74) is 5.63. The van der Waals surface area contributed by atoms with E-state index in [4.69, 9.17) is 30.8 Å². The molecular formula is C75H111ClN2O10S4. The Bertz CT molecular complexity index is 3150. The van der Waals surface area contributed by atoms with Gasteiger partial charge < -0.3 is 29.5 Å². The Morgan fingerprint density at radius 1 is 0.533 bits per heavy atom. The quantitative estimate of drug-likeness (QED) is 0.0133. The highest BCUT2D eigenvalue weighted by Crippen LogP contribution is 2.42. The van der Waals surface area contributed by atoms with E-state index in [1.807, 2.05) is 100 Å². The molecule has 92 heavy (non-hydrogen) atoms. The summed E-state index contributed by atoms with van der Waals surface area (Å²) in [6.07, 6.45) is 10.8. The zero-order chi connectivity index (χ0) is 68.1. The van der Waals surface area contributed by atoms with Gasteiger partial charge in [-0.25, -0.2) is 9.97 Å². The number of thiazole rings is 2. The first-order valence-electron chi connectivity index (χ1n) is 32.5. The van der Waals surface area contributed by atoms with Crippen molar-refractivity contribution in [2.24, 2.45) is 10.8 Å². The predicted octanol–water partition coefficient (Wildman–Crippen LogP) is 20.4. The number of aliphatic hydroxyl groups is 1. The van der Waals surface area contributed by atoms with Crippen LogP contribution in [-0.2, 0) is 67.9 Å². The summed E-state index contributed by atoms with van der Waals surface area (Å²) in [6, 6.07) is 24.0. The van der Waals surface area contributed by atoms with Crippen LogP contribution < -0.4 is 0 Å². The molecule has 0 spiro atoms. The number of carbonyl (C=O) groups excluding carboxylic acids is 4. The van der Waals surface area contributed by atoms with Crippen LogP contribution in [0.25, 0.3) is 20.4 Å². The summed E-state index contributed by atoms with van der Waals surface area (Å²) in [5.74, 6) is 0.756. The fourth-order valence-electron chi connectivity index (χ4n) is 9.90. The van der Waals surface area contributed by atoms with Crippen molar-refractivity contribution in [1.82, 2.24) is 9.97 Å². The molecule has 4 aromatic carbocycles. The third-order valence-electron chi connectivity index (χ3n) is 15.7. The normalized spacial score (nSPS) is 12.9. The molecule has 0 aliphatic carbocycles. The maximum Gasteiger partial charge on any atom is 0.311 e. The lowest BCUT2D eigenvalue weighted by Crippen LogP contribution is -2.34. The number of ether oxygens (including phenoxy) is 3. The van der Waals surface area contributed by atoms with Gasteiger partial charge in [-0.2, -0.15) is 0 Å². The van der Waals surface area contributed by atoms with Gasteiger partial charge in [0.2, 0.25) is 5.24 Å². The average Bonchev–Trinajstić information content (AvgIpc) is 1.14. The molecule has 12 nitrogen and oxygen atoms in total. The molecule has 0 radical (unpaired) electrons. The summed E-state index contributed by atoms with van der Waals surface area (Å²) in [4.78, 5) is 58.8. The van der Waals surface area contributed by atoms with Crippen molar-refractivity contribution in [2.75, 3.05) is 24.7 Å². The lowest BCUT2D eigenvalue weighted by atomic mass is 9.78. The Hall–Kier alpha value is -4.71. The van der Waals surface area contributed by atoms with Crippen molar-refractivity contribution in [3.05, 3.63) is 106 Å². The lowest BCUT2D eigenvalue weighted by Gasteiger charge is -2.28. The SMILES string of the molecule is C.CC(C)(C)c1cc(CCC(=O)Cl)cc(C(C)(C)C)c1O.CCCCCCC(C)(C)C(=O)OC(COC(=O)CCc1cc(C(C)(C)C)c(O)c(C(C)(C)C)c1)CSc1nc2ccccc2s1.CCCCCCC(C)(C)C(=O)OCC(O)CSc1nc2ccccc2s1. The topological polar surface area (TPSA) is 182 Å². The Labute approximate surface area is 574 Å². The van der Waals surface area contributed by atoms with E-state index in [1.165, 1.54) is 36.4 Å². The number of phenolic OH excluding ortho intramolecular Hbond substituents is 2. The predicted molar refractivity (Wildman–Crippen MR) is 389 cm³/mol. The van der Waals surface area contributed by atoms with Crippen molar-refractivity contribution in [3.63, 3.8) is 0 Å². The van der Waals surface area contributed by atoms with Crippen molar-refractivity contribution in [3.8, 4) is 11.5 Å². The van der Waals surface area contributed by atoms with Gasteiger partial charge in [-0.3, -0.25) is 19.2 Å². The molecule has 2 atom stereocenters. The molecule has 0 amide bonds. The fourth-order valence-corrected chi connectivity index (χ4v) is 14.1. The van der Waals surface area contributed by atoms with Gasteiger partial charge in [-0.05, 0) is 144 Å².